The van der Waals surface area contributed by atoms with Crippen molar-refractivity contribution in [3.05, 3.63) is 88.1 Å². The van der Waals surface area contributed by atoms with Gasteiger partial charge >= 0.3 is 0 Å². The molecule has 0 radical (unpaired) electrons. The molecule has 1 unspecified atom stereocenters. The van der Waals surface area contributed by atoms with Crippen LogP contribution in [0.2, 0.25) is 0 Å². The minimum atomic E-state index is -0.816. The van der Waals surface area contributed by atoms with Crippen molar-refractivity contribution in [1.29, 1.82) is 0 Å². The quantitative estimate of drug-likeness (QED) is 0.208. The molecule has 4 N–H and O–H groups in total. The van der Waals surface area contributed by atoms with E-state index in [1.807, 2.05) is 0 Å². The Labute approximate surface area is 238 Å². The molecule has 42 heavy (non-hydrogen) atoms. The first kappa shape index (κ1) is 26.6. The number of carbonyl (C=O) groups is 1. The van der Waals surface area contributed by atoms with Crippen molar-refractivity contribution < 1.29 is 43.8 Å². The number of rotatable bonds is 5. The van der Waals surface area contributed by atoms with Gasteiger partial charge in [-0.3, -0.25) is 9.59 Å². The molecule has 0 saturated carbocycles. The van der Waals surface area contributed by atoms with E-state index in [-0.39, 0.29) is 45.6 Å². The molecule has 5 aromatic rings. The van der Waals surface area contributed by atoms with Crippen LogP contribution in [0.3, 0.4) is 0 Å². The van der Waals surface area contributed by atoms with Crippen molar-refractivity contribution in [1.82, 2.24) is 0 Å². The number of ketones is 1. The molecule has 0 aliphatic carbocycles. The molecule has 10 nitrogen and oxygen atoms in total. The molecule has 0 saturated heterocycles. The van der Waals surface area contributed by atoms with Gasteiger partial charge in [0.1, 0.15) is 63.1 Å². The van der Waals surface area contributed by atoms with E-state index in [0.717, 1.165) is 12.1 Å². The van der Waals surface area contributed by atoms with E-state index < -0.39 is 40.3 Å². The van der Waals surface area contributed by atoms with Crippen molar-refractivity contribution >= 4 is 16.8 Å². The van der Waals surface area contributed by atoms with Gasteiger partial charge in [0.2, 0.25) is 0 Å². The van der Waals surface area contributed by atoms with Crippen LogP contribution in [-0.2, 0) is 0 Å². The van der Waals surface area contributed by atoms with E-state index in [0.29, 0.717) is 22.6 Å². The van der Waals surface area contributed by atoms with E-state index in [4.69, 9.17) is 18.6 Å². The molecule has 0 amide bonds. The van der Waals surface area contributed by atoms with Gasteiger partial charge in [0.15, 0.2) is 16.8 Å². The number of fused-ring (bicyclic) bond motifs is 2. The van der Waals surface area contributed by atoms with Crippen LogP contribution in [0.4, 0.5) is 0 Å². The van der Waals surface area contributed by atoms with Crippen LogP contribution in [0.25, 0.3) is 33.4 Å². The van der Waals surface area contributed by atoms with Gasteiger partial charge < -0.3 is 39.1 Å². The second kappa shape index (κ2) is 10.1. The van der Waals surface area contributed by atoms with E-state index in [2.05, 4.69) is 0 Å². The number of methoxy groups -OCH3 is 2. The predicted octanol–water partition coefficient (Wildman–Crippen LogP) is 5.67. The number of benzene rings is 4. The van der Waals surface area contributed by atoms with Crippen LogP contribution >= 0.6 is 0 Å². The Hall–Kier alpha value is -5.64. The molecule has 2 heterocycles. The minimum Gasteiger partial charge on any atom is -0.507 e. The lowest BCUT2D eigenvalue weighted by Gasteiger charge is -2.28. The maximum absolute atomic E-state index is 13.3. The standard InChI is InChI=1S/C32H24O10/c1-39-17-7-3-15(4-8-17)25-13-23(37)27-19(33)11-21(35)29(31(27)41-25)30-22(36)12-20(34)28-24(38)14-26(42-32(28)30)16-5-9-18(40-2)10-6-16/h3-13,26,33-36H,14H2,1-2H3. The highest BCUT2D eigenvalue weighted by molar-refractivity contribution is 6.09. The van der Waals surface area contributed by atoms with Gasteiger partial charge in [-0.15, -0.1) is 0 Å². The molecule has 1 aliphatic heterocycles. The number of Topliss-reactive ketones (excluding diaryl/α,β-unsaturated/α-hetero) is 1. The lowest BCUT2D eigenvalue weighted by atomic mass is 9.90. The Balaban J connectivity index is 1.61. The number of hydrogen-bond donors (Lipinski definition) is 4. The zero-order chi connectivity index (χ0) is 29.7. The molecule has 0 fully saturated rings. The monoisotopic (exact) mass is 568 g/mol. The third kappa shape index (κ3) is 4.29. The number of carbonyl (C=O) groups excluding carboxylic acids is 1. The second-order valence-electron chi connectivity index (χ2n) is 9.70. The van der Waals surface area contributed by atoms with Crippen molar-refractivity contribution in [3.63, 3.8) is 0 Å². The van der Waals surface area contributed by atoms with Gasteiger partial charge in [0.25, 0.3) is 0 Å². The average Bonchev–Trinajstić information content (AvgIpc) is 2.97. The van der Waals surface area contributed by atoms with Gasteiger partial charge in [-0.2, -0.15) is 0 Å². The molecule has 1 atom stereocenters. The highest BCUT2D eigenvalue weighted by atomic mass is 16.5. The van der Waals surface area contributed by atoms with Gasteiger partial charge in [-0.05, 0) is 42.0 Å². The third-order valence-electron chi connectivity index (χ3n) is 7.22. The number of phenols is 4. The van der Waals surface area contributed by atoms with Gasteiger partial charge in [0.05, 0.1) is 31.8 Å². The van der Waals surface area contributed by atoms with Crippen LogP contribution in [0.15, 0.2) is 75.9 Å². The molecule has 1 aromatic heterocycles. The fourth-order valence-corrected chi connectivity index (χ4v) is 5.16. The number of hydrogen-bond acceptors (Lipinski definition) is 10. The summed E-state index contributed by atoms with van der Waals surface area (Å²) in [5, 5.41) is 43.2. The maximum atomic E-state index is 13.3. The summed E-state index contributed by atoms with van der Waals surface area (Å²) in [5.41, 5.74) is -0.401. The Morgan fingerprint density at radius 2 is 1.29 bits per heavy atom. The van der Waals surface area contributed by atoms with E-state index in [1.165, 1.54) is 20.3 Å². The van der Waals surface area contributed by atoms with Crippen molar-refractivity contribution in [2.24, 2.45) is 0 Å². The summed E-state index contributed by atoms with van der Waals surface area (Å²) in [6.45, 7) is 0. The molecule has 1 aliphatic rings. The summed E-state index contributed by atoms with van der Waals surface area (Å²) in [7, 11) is 3.04. The molecular formula is C32H24O10. The molecule has 0 bridgehead atoms. The van der Waals surface area contributed by atoms with Crippen molar-refractivity contribution in [2.75, 3.05) is 14.2 Å². The smallest absolute Gasteiger partial charge is 0.197 e. The summed E-state index contributed by atoms with van der Waals surface area (Å²) in [6.07, 6.45) is -0.931. The van der Waals surface area contributed by atoms with Gasteiger partial charge in [-0.25, -0.2) is 0 Å². The lowest BCUT2D eigenvalue weighted by molar-refractivity contribution is 0.0846. The van der Waals surface area contributed by atoms with Crippen LogP contribution in [0.5, 0.6) is 40.2 Å². The molecule has 6 rings (SSSR count). The number of aromatic hydroxyl groups is 4. The summed E-state index contributed by atoms with van der Waals surface area (Å²) < 4.78 is 22.7. The predicted molar refractivity (Wildman–Crippen MR) is 152 cm³/mol. The minimum absolute atomic E-state index is 0.0987. The SMILES string of the molecule is COc1ccc(-c2cc(=O)c3c(O)cc(O)c(-c4c(O)cc(O)c5c4OC(c4ccc(OC)cc4)CC5=O)c3o2)cc1. The van der Waals surface area contributed by atoms with Crippen molar-refractivity contribution in [2.45, 2.75) is 12.5 Å². The fraction of sp³-hybridized carbons (Fsp3) is 0.125. The zero-order valence-corrected chi connectivity index (χ0v) is 22.4. The largest absolute Gasteiger partial charge is 0.507 e. The molecule has 212 valence electrons. The lowest BCUT2D eigenvalue weighted by Crippen LogP contribution is -2.21. The van der Waals surface area contributed by atoms with E-state index in [1.54, 1.807) is 48.5 Å². The van der Waals surface area contributed by atoms with Gasteiger partial charge in [0, 0.05) is 23.8 Å². The Bertz CT molecular complexity index is 1920. The molecule has 4 aromatic carbocycles. The molecule has 0 spiro atoms. The Morgan fingerprint density at radius 1 is 0.714 bits per heavy atom. The van der Waals surface area contributed by atoms with E-state index >= 15 is 0 Å². The fourth-order valence-electron chi connectivity index (χ4n) is 5.16. The van der Waals surface area contributed by atoms with E-state index in [9.17, 15) is 30.0 Å². The third-order valence-corrected chi connectivity index (χ3v) is 7.22. The Morgan fingerprint density at radius 3 is 1.93 bits per heavy atom. The normalized spacial score (nSPS) is 14.3. The first-order chi connectivity index (χ1) is 20.2. The first-order valence-electron chi connectivity index (χ1n) is 12.8. The second-order valence-corrected chi connectivity index (χ2v) is 9.70. The van der Waals surface area contributed by atoms with Gasteiger partial charge in [-0.1, -0.05) is 12.1 Å². The van der Waals surface area contributed by atoms with Crippen LogP contribution < -0.4 is 19.6 Å². The van der Waals surface area contributed by atoms with Crippen LogP contribution in [0.1, 0.15) is 28.4 Å². The highest BCUT2D eigenvalue weighted by Gasteiger charge is 2.36. The summed E-state index contributed by atoms with van der Waals surface area (Å²) in [5.74, 6) is -1.62. The van der Waals surface area contributed by atoms with Crippen LogP contribution in [-0.4, -0.2) is 40.4 Å². The van der Waals surface area contributed by atoms with Crippen molar-refractivity contribution in [3.8, 4) is 62.7 Å². The molecular weight excluding hydrogens is 544 g/mol. The summed E-state index contributed by atoms with van der Waals surface area (Å²) >= 11 is 0. The zero-order valence-electron chi connectivity index (χ0n) is 22.4. The topological polar surface area (TPSA) is 156 Å². The highest BCUT2D eigenvalue weighted by Crippen LogP contribution is 2.54. The number of ether oxygens (including phenoxy) is 3. The number of phenolic OH excluding ortho intramolecular Hbond substituents is 4. The Kier molecular flexibility index (Phi) is 6.38. The van der Waals surface area contributed by atoms with Crippen LogP contribution in [0, 0.1) is 0 Å². The summed E-state index contributed by atoms with van der Waals surface area (Å²) in [4.78, 5) is 26.6. The maximum Gasteiger partial charge on any atom is 0.197 e. The average molecular weight is 569 g/mol. The first-order valence-corrected chi connectivity index (χ1v) is 12.8. The summed E-state index contributed by atoms with van der Waals surface area (Å²) in [6, 6.07) is 16.6. The molecule has 10 heteroatoms.